The van der Waals surface area contributed by atoms with E-state index in [4.69, 9.17) is 23.2 Å². The van der Waals surface area contributed by atoms with Gasteiger partial charge in [-0.25, -0.2) is 4.98 Å². The lowest BCUT2D eigenvalue weighted by atomic mass is 10.2. The number of piperazine rings is 1. The molecule has 0 atom stereocenters. The number of amides is 1. The Kier molecular flexibility index (Phi) is 4.50. The van der Waals surface area contributed by atoms with Crippen LogP contribution >= 0.6 is 23.2 Å². The molecule has 1 fully saturated rings. The average molecular weight is 336 g/mol. The van der Waals surface area contributed by atoms with E-state index in [1.54, 1.807) is 12.1 Å². The average Bonchev–Trinajstić information content (AvgIpc) is 2.56. The molecule has 1 aliphatic heterocycles. The number of aromatic nitrogens is 1. The molecular weight excluding hydrogens is 321 g/mol. The fourth-order valence-electron chi connectivity index (χ4n) is 2.54. The highest BCUT2D eigenvalue weighted by Gasteiger charge is 2.23. The van der Waals surface area contributed by atoms with Gasteiger partial charge >= 0.3 is 0 Å². The predicted molar refractivity (Wildman–Crippen MR) is 88.8 cm³/mol. The second-order valence-corrected chi connectivity index (χ2v) is 5.89. The maximum Gasteiger partial charge on any atom is 0.255 e. The van der Waals surface area contributed by atoms with Crippen LogP contribution in [-0.2, 0) is 0 Å². The summed E-state index contributed by atoms with van der Waals surface area (Å²) in [5.74, 6) is -0.0111. The summed E-state index contributed by atoms with van der Waals surface area (Å²) < 4.78 is 0. The Morgan fingerprint density at radius 1 is 1.00 bits per heavy atom. The highest BCUT2D eigenvalue weighted by Crippen LogP contribution is 2.26. The first-order chi connectivity index (χ1) is 10.6. The third-order valence-corrected chi connectivity index (χ3v) is 4.28. The van der Waals surface area contributed by atoms with E-state index in [0.717, 1.165) is 23.8 Å². The molecule has 1 aromatic carbocycles. The number of hydrogen-bond acceptors (Lipinski definition) is 3. The number of pyridine rings is 1. The summed E-state index contributed by atoms with van der Waals surface area (Å²) in [6.07, 6.45) is 1.52. The molecule has 1 aromatic heterocycles. The standard InChI is InChI=1S/C16H15Cl2N3O/c17-13-3-1-2-4-14(13)20-7-9-21(10-8-20)16(22)12-5-6-15(18)19-11-12/h1-6,11H,7-10H2. The summed E-state index contributed by atoms with van der Waals surface area (Å²) in [6.45, 7) is 2.84. The highest BCUT2D eigenvalue weighted by atomic mass is 35.5. The molecule has 0 unspecified atom stereocenters. The van der Waals surface area contributed by atoms with Crippen molar-refractivity contribution < 1.29 is 4.79 Å². The Morgan fingerprint density at radius 2 is 1.73 bits per heavy atom. The van der Waals surface area contributed by atoms with Gasteiger partial charge in [0.1, 0.15) is 5.15 Å². The molecule has 6 heteroatoms. The fourth-order valence-corrected chi connectivity index (χ4v) is 2.91. The van der Waals surface area contributed by atoms with Gasteiger partial charge in [-0.15, -0.1) is 0 Å². The largest absolute Gasteiger partial charge is 0.367 e. The third kappa shape index (κ3) is 3.18. The molecule has 1 saturated heterocycles. The molecule has 4 nitrogen and oxygen atoms in total. The molecular formula is C16H15Cl2N3O. The van der Waals surface area contributed by atoms with E-state index in [1.165, 1.54) is 6.20 Å². The van der Waals surface area contributed by atoms with Crippen LogP contribution in [0.2, 0.25) is 10.2 Å². The zero-order valence-corrected chi connectivity index (χ0v) is 13.4. The molecule has 22 heavy (non-hydrogen) atoms. The number of rotatable bonds is 2. The van der Waals surface area contributed by atoms with Crippen LogP contribution < -0.4 is 4.90 Å². The quantitative estimate of drug-likeness (QED) is 0.789. The van der Waals surface area contributed by atoms with Crippen LogP contribution in [0.5, 0.6) is 0 Å². The van der Waals surface area contributed by atoms with Gasteiger partial charge in [-0.2, -0.15) is 0 Å². The SMILES string of the molecule is O=C(c1ccc(Cl)nc1)N1CCN(c2ccccc2Cl)CC1. The Bertz CT molecular complexity index is 667. The monoisotopic (exact) mass is 335 g/mol. The van der Waals surface area contributed by atoms with Gasteiger partial charge in [-0.1, -0.05) is 35.3 Å². The van der Waals surface area contributed by atoms with E-state index in [1.807, 2.05) is 29.2 Å². The summed E-state index contributed by atoms with van der Waals surface area (Å²) in [6, 6.07) is 11.1. The highest BCUT2D eigenvalue weighted by molar-refractivity contribution is 6.33. The van der Waals surface area contributed by atoms with Crippen LogP contribution in [0.3, 0.4) is 0 Å². The zero-order chi connectivity index (χ0) is 15.5. The van der Waals surface area contributed by atoms with Crippen LogP contribution in [0.1, 0.15) is 10.4 Å². The van der Waals surface area contributed by atoms with Crippen molar-refractivity contribution in [3.05, 3.63) is 58.3 Å². The van der Waals surface area contributed by atoms with Crippen LogP contribution in [0.15, 0.2) is 42.6 Å². The lowest BCUT2D eigenvalue weighted by molar-refractivity contribution is 0.0746. The van der Waals surface area contributed by atoms with Gasteiger partial charge in [-0.05, 0) is 24.3 Å². The number of anilines is 1. The number of halogens is 2. The minimum Gasteiger partial charge on any atom is -0.367 e. The second kappa shape index (κ2) is 6.55. The van der Waals surface area contributed by atoms with Crippen molar-refractivity contribution in [2.75, 3.05) is 31.1 Å². The molecule has 0 bridgehead atoms. The minimum absolute atomic E-state index is 0.0111. The molecule has 0 N–H and O–H groups in total. The first kappa shape index (κ1) is 15.1. The Labute approximate surface area is 139 Å². The van der Waals surface area contributed by atoms with Gasteiger partial charge in [0, 0.05) is 32.4 Å². The van der Waals surface area contributed by atoms with Crippen LogP contribution in [-0.4, -0.2) is 42.0 Å². The topological polar surface area (TPSA) is 36.4 Å². The van der Waals surface area contributed by atoms with Gasteiger partial charge in [0.2, 0.25) is 0 Å². The molecule has 2 aromatic rings. The molecule has 0 spiro atoms. The molecule has 0 saturated carbocycles. The van der Waals surface area contributed by atoms with Crippen LogP contribution in [0.4, 0.5) is 5.69 Å². The van der Waals surface area contributed by atoms with Gasteiger partial charge in [0.15, 0.2) is 0 Å². The number of carbonyl (C=O) groups excluding carboxylic acids is 1. The van der Waals surface area contributed by atoms with Crippen molar-refractivity contribution in [3.63, 3.8) is 0 Å². The molecule has 114 valence electrons. The minimum atomic E-state index is -0.0111. The van der Waals surface area contributed by atoms with Gasteiger partial charge in [0.25, 0.3) is 5.91 Å². The zero-order valence-electron chi connectivity index (χ0n) is 11.9. The number of para-hydroxylation sites is 1. The summed E-state index contributed by atoms with van der Waals surface area (Å²) in [5.41, 5.74) is 1.58. The molecule has 1 amide bonds. The third-order valence-electron chi connectivity index (χ3n) is 3.73. The Morgan fingerprint density at radius 3 is 2.36 bits per heavy atom. The second-order valence-electron chi connectivity index (χ2n) is 5.10. The molecule has 2 heterocycles. The maximum atomic E-state index is 12.4. The summed E-state index contributed by atoms with van der Waals surface area (Å²) >= 11 is 12.0. The maximum absolute atomic E-state index is 12.4. The fraction of sp³-hybridized carbons (Fsp3) is 0.250. The van der Waals surface area contributed by atoms with Crippen molar-refractivity contribution in [2.45, 2.75) is 0 Å². The molecule has 0 radical (unpaired) electrons. The van der Waals surface area contributed by atoms with E-state index in [2.05, 4.69) is 9.88 Å². The Hall–Kier alpha value is -1.78. The predicted octanol–water partition coefficient (Wildman–Crippen LogP) is 3.35. The molecule has 1 aliphatic rings. The number of hydrogen-bond donors (Lipinski definition) is 0. The first-order valence-corrected chi connectivity index (χ1v) is 7.81. The number of benzene rings is 1. The van der Waals surface area contributed by atoms with Crippen molar-refractivity contribution in [1.82, 2.24) is 9.88 Å². The first-order valence-electron chi connectivity index (χ1n) is 7.05. The normalized spacial score (nSPS) is 15.0. The molecule has 3 rings (SSSR count). The summed E-state index contributed by atoms with van der Waals surface area (Å²) in [4.78, 5) is 20.4. The van der Waals surface area contributed by atoms with Crippen molar-refractivity contribution in [3.8, 4) is 0 Å². The van der Waals surface area contributed by atoms with E-state index >= 15 is 0 Å². The summed E-state index contributed by atoms with van der Waals surface area (Å²) in [5, 5.41) is 1.13. The van der Waals surface area contributed by atoms with Crippen molar-refractivity contribution >= 4 is 34.8 Å². The van der Waals surface area contributed by atoms with E-state index in [-0.39, 0.29) is 5.91 Å². The lowest BCUT2D eigenvalue weighted by Gasteiger charge is -2.36. The van der Waals surface area contributed by atoms with Crippen molar-refractivity contribution in [2.24, 2.45) is 0 Å². The van der Waals surface area contributed by atoms with Crippen LogP contribution in [0, 0.1) is 0 Å². The smallest absolute Gasteiger partial charge is 0.255 e. The van der Waals surface area contributed by atoms with Gasteiger partial charge < -0.3 is 9.80 Å². The number of nitrogens with zero attached hydrogens (tertiary/aromatic N) is 3. The summed E-state index contributed by atoms with van der Waals surface area (Å²) in [7, 11) is 0. The van der Waals surface area contributed by atoms with Crippen LogP contribution in [0.25, 0.3) is 0 Å². The van der Waals surface area contributed by atoms with E-state index < -0.39 is 0 Å². The van der Waals surface area contributed by atoms with Gasteiger partial charge in [0.05, 0.1) is 16.3 Å². The van der Waals surface area contributed by atoms with Gasteiger partial charge in [-0.3, -0.25) is 4.79 Å². The van der Waals surface area contributed by atoms with Crippen molar-refractivity contribution in [1.29, 1.82) is 0 Å². The molecule has 0 aliphatic carbocycles. The van der Waals surface area contributed by atoms with E-state index in [9.17, 15) is 4.79 Å². The number of carbonyl (C=O) groups is 1. The van der Waals surface area contributed by atoms with E-state index in [0.29, 0.717) is 23.8 Å². The lowest BCUT2D eigenvalue weighted by Crippen LogP contribution is -2.48. The Balaban J connectivity index is 1.65.